The molecule has 0 saturated carbocycles. The zero-order valence-electron chi connectivity index (χ0n) is 14.5. The van der Waals surface area contributed by atoms with E-state index in [0.29, 0.717) is 29.9 Å². The third kappa shape index (κ3) is 3.99. The number of rotatable bonds is 5. The van der Waals surface area contributed by atoms with Crippen LogP contribution in [0.25, 0.3) is 11.0 Å². The molecule has 1 aliphatic rings. The van der Waals surface area contributed by atoms with Gasteiger partial charge < -0.3 is 18.5 Å². The summed E-state index contributed by atoms with van der Waals surface area (Å²) in [5.74, 6) is 0.309. The maximum absolute atomic E-state index is 13.1. The second-order valence-corrected chi connectivity index (χ2v) is 7.43. The topological polar surface area (TPSA) is 72.9 Å². The average molecular weight is 432 g/mol. The van der Waals surface area contributed by atoms with E-state index in [1.54, 1.807) is 35.4 Å². The van der Waals surface area contributed by atoms with Crippen molar-refractivity contribution in [3.8, 4) is 0 Å². The van der Waals surface area contributed by atoms with Crippen LogP contribution in [0.3, 0.4) is 0 Å². The predicted molar refractivity (Wildman–Crippen MR) is 103 cm³/mol. The first-order valence-electron chi connectivity index (χ1n) is 8.77. The van der Waals surface area contributed by atoms with Crippen molar-refractivity contribution in [2.45, 2.75) is 25.5 Å². The van der Waals surface area contributed by atoms with Crippen LogP contribution in [0.1, 0.15) is 29.2 Å². The standard InChI is InChI=1S/C20H18BrNO5/c21-13-5-6-16-17(23)10-19(27-18(16)9-13)20(24)22(11-14-3-1-7-25-14)12-15-4-2-8-26-15/h1,3,5-7,9-10,15H,2,4,8,11-12H2/t15-/m0/s1. The van der Waals surface area contributed by atoms with Gasteiger partial charge in [0.15, 0.2) is 11.2 Å². The van der Waals surface area contributed by atoms with Crippen LogP contribution in [0.4, 0.5) is 0 Å². The van der Waals surface area contributed by atoms with Gasteiger partial charge in [-0.15, -0.1) is 0 Å². The molecule has 0 unspecified atom stereocenters. The molecule has 1 aromatic carbocycles. The molecule has 7 heteroatoms. The Morgan fingerprint density at radius 1 is 1.26 bits per heavy atom. The highest BCUT2D eigenvalue weighted by Gasteiger charge is 2.26. The number of hydrogen-bond acceptors (Lipinski definition) is 5. The van der Waals surface area contributed by atoms with Crippen molar-refractivity contribution in [2.75, 3.05) is 13.2 Å². The second kappa shape index (κ2) is 7.70. The van der Waals surface area contributed by atoms with Gasteiger partial charge in [0.05, 0.1) is 24.3 Å². The van der Waals surface area contributed by atoms with E-state index < -0.39 is 0 Å². The fourth-order valence-corrected chi connectivity index (χ4v) is 3.57. The van der Waals surface area contributed by atoms with Crippen molar-refractivity contribution in [3.05, 3.63) is 68.9 Å². The Hall–Kier alpha value is -2.38. The molecule has 0 N–H and O–H groups in total. The van der Waals surface area contributed by atoms with Gasteiger partial charge in [0.1, 0.15) is 11.3 Å². The van der Waals surface area contributed by atoms with Gasteiger partial charge in [-0.25, -0.2) is 0 Å². The average Bonchev–Trinajstić information content (AvgIpc) is 3.34. The summed E-state index contributed by atoms with van der Waals surface area (Å²) in [6, 6.07) is 9.96. The smallest absolute Gasteiger partial charge is 0.290 e. The summed E-state index contributed by atoms with van der Waals surface area (Å²) in [6.07, 6.45) is 3.42. The van der Waals surface area contributed by atoms with E-state index in [1.807, 2.05) is 6.07 Å². The molecule has 0 aliphatic carbocycles. The van der Waals surface area contributed by atoms with E-state index in [2.05, 4.69) is 15.9 Å². The minimum absolute atomic E-state index is 0.00940. The number of ether oxygens (including phenoxy) is 1. The van der Waals surface area contributed by atoms with E-state index >= 15 is 0 Å². The number of carbonyl (C=O) groups excluding carboxylic acids is 1. The maximum Gasteiger partial charge on any atom is 0.290 e. The molecule has 0 spiro atoms. The highest BCUT2D eigenvalue weighted by Crippen LogP contribution is 2.21. The zero-order chi connectivity index (χ0) is 18.8. The summed E-state index contributed by atoms with van der Waals surface area (Å²) in [5, 5.41) is 0.437. The molecule has 1 atom stereocenters. The largest absolute Gasteiger partial charge is 0.467 e. The lowest BCUT2D eigenvalue weighted by atomic mass is 10.2. The summed E-state index contributed by atoms with van der Waals surface area (Å²) >= 11 is 3.36. The van der Waals surface area contributed by atoms with Crippen molar-refractivity contribution in [2.24, 2.45) is 0 Å². The van der Waals surface area contributed by atoms with E-state index in [1.165, 1.54) is 6.07 Å². The number of amides is 1. The van der Waals surface area contributed by atoms with E-state index in [9.17, 15) is 9.59 Å². The van der Waals surface area contributed by atoms with Gasteiger partial charge in [0, 0.05) is 23.7 Å². The lowest BCUT2D eigenvalue weighted by Crippen LogP contribution is -2.37. The van der Waals surface area contributed by atoms with Gasteiger partial charge >= 0.3 is 0 Å². The summed E-state index contributed by atoms with van der Waals surface area (Å²) < 4.78 is 17.6. The molecule has 2 aromatic heterocycles. The SMILES string of the molecule is O=C(c1cc(=O)c2ccc(Br)cc2o1)N(Cc1ccco1)C[C@@H]1CCCO1. The summed E-state index contributed by atoms with van der Waals surface area (Å²) in [7, 11) is 0. The van der Waals surface area contributed by atoms with Gasteiger partial charge in [-0.1, -0.05) is 15.9 Å². The molecule has 140 valence electrons. The van der Waals surface area contributed by atoms with Gasteiger partial charge in [0.25, 0.3) is 5.91 Å². The molecule has 3 aromatic rings. The van der Waals surface area contributed by atoms with Crippen LogP contribution >= 0.6 is 15.9 Å². The zero-order valence-corrected chi connectivity index (χ0v) is 16.1. The van der Waals surface area contributed by atoms with Crippen molar-refractivity contribution < 1.29 is 18.4 Å². The Morgan fingerprint density at radius 2 is 2.15 bits per heavy atom. The molecule has 3 heterocycles. The highest BCUT2D eigenvalue weighted by molar-refractivity contribution is 9.10. The van der Waals surface area contributed by atoms with Crippen LogP contribution in [-0.4, -0.2) is 30.1 Å². The number of carbonyl (C=O) groups is 1. The van der Waals surface area contributed by atoms with Crippen LogP contribution in [-0.2, 0) is 11.3 Å². The molecule has 1 amide bonds. The molecule has 1 saturated heterocycles. The molecular formula is C20H18BrNO5. The predicted octanol–water partition coefficient (Wildman–Crippen LogP) is 3.97. The van der Waals surface area contributed by atoms with Gasteiger partial charge in [-0.3, -0.25) is 9.59 Å². The van der Waals surface area contributed by atoms with E-state index in [-0.39, 0.29) is 29.7 Å². The minimum Gasteiger partial charge on any atom is -0.467 e. The van der Waals surface area contributed by atoms with Gasteiger partial charge in [-0.05, 0) is 43.2 Å². The van der Waals surface area contributed by atoms with Crippen molar-refractivity contribution in [3.63, 3.8) is 0 Å². The van der Waals surface area contributed by atoms with E-state index in [4.69, 9.17) is 13.6 Å². The minimum atomic E-state index is -0.360. The first-order valence-corrected chi connectivity index (χ1v) is 9.56. The fourth-order valence-electron chi connectivity index (χ4n) is 3.23. The lowest BCUT2D eigenvalue weighted by molar-refractivity contribution is 0.0469. The first kappa shape index (κ1) is 18.0. The Labute approximate surface area is 163 Å². The van der Waals surface area contributed by atoms with Crippen LogP contribution in [0.2, 0.25) is 0 Å². The molecule has 0 bridgehead atoms. The second-order valence-electron chi connectivity index (χ2n) is 6.52. The first-order chi connectivity index (χ1) is 13.1. The Balaban J connectivity index is 1.67. The molecule has 0 radical (unpaired) electrons. The van der Waals surface area contributed by atoms with Crippen LogP contribution < -0.4 is 5.43 Å². The molecule has 27 heavy (non-hydrogen) atoms. The molecule has 6 nitrogen and oxygen atoms in total. The lowest BCUT2D eigenvalue weighted by Gasteiger charge is -2.24. The molecule has 4 rings (SSSR count). The molecular weight excluding hydrogens is 414 g/mol. The van der Waals surface area contributed by atoms with Crippen molar-refractivity contribution in [1.29, 1.82) is 0 Å². The highest BCUT2D eigenvalue weighted by atomic mass is 79.9. The Bertz CT molecular complexity index is 1000. The van der Waals surface area contributed by atoms with Crippen LogP contribution in [0, 0.1) is 0 Å². The summed E-state index contributed by atoms with van der Waals surface area (Å²) in [6.45, 7) is 1.40. The van der Waals surface area contributed by atoms with E-state index in [0.717, 1.165) is 17.3 Å². The van der Waals surface area contributed by atoms with Crippen LogP contribution in [0.5, 0.6) is 0 Å². The summed E-state index contributed by atoms with van der Waals surface area (Å²) in [5.41, 5.74) is 0.123. The third-order valence-corrected chi connectivity index (χ3v) is 5.06. The monoisotopic (exact) mass is 431 g/mol. The number of furan rings is 1. The molecule has 1 fully saturated rings. The number of hydrogen-bond donors (Lipinski definition) is 0. The Morgan fingerprint density at radius 3 is 2.89 bits per heavy atom. The fraction of sp³-hybridized carbons (Fsp3) is 0.300. The number of nitrogens with zero attached hydrogens (tertiary/aromatic N) is 1. The number of halogens is 1. The van der Waals surface area contributed by atoms with Gasteiger partial charge in [-0.2, -0.15) is 0 Å². The normalized spacial score (nSPS) is 16.7. The van der Waals surface area contributed by atoms with Crippen LogP contribution in [0.15, 0.2) is 60.8 Å². The van der Waals surface area contributed by atoms with Crippen molar-refractivity contribution in [1.82, 2.24) is 4.90 Å². The maximum atomic E-state index is 13.1. The molecule has 1 aliphatic heterocycles. The Kier molecular flexibility index (Phi) is 5.13. The quantitative estimate of drug-likeness (QED) is 0.610. The number of fused-ring (bicyclic) bond motifs is 1. The summed E-state index contributed by atoms with van der Waals surface area (Å²) in [4.78, 5) is 27.1. The third-order valence-electron chi connectivity index (χ3n) is 4.56. The number of benzene rings is 1. The van der Waals surface area contributed by atoms with Gasteiger partial charge in [0.2, 0.25) is 0 Å². The van der Waals surface area contributed by atoms with Crippen molar-refractivity contribution >= 4 is 32.8 Å².